The number of nitrogens with one attached hydrogen (secondary N) is 1. The van der Waals surface area contributed by atoms with Crippen LogP contribution in [-0.4, -0.2) is 52.4 Å². The summed E-state index contributed by atoms with van der Waals surface area (Å²) >= 11 is 0. The maximum Gasteiger partial charge on any atom is 0.326 e. The molecule has 0 spiro atoms. The summed E-state index contributed by atoms with van der Waals surface area (Å²) in [5, 5.41) is 27.8. The number of nitrogens with two attached hydrogens (primary N) is 1. The third-order valence-corrected chi connectivity index (χ3v) is 4.92. The van der Waals surface area contributed by atoms with Gasteiger partial charge in [-0.2, -0.15) is 0 Å². The summed E-state index contributed by atoms with van der Waals surface area (Å²) in [4.78, 5) is 33.3. The molecule has 6 N–H and O–H groups in total. The molecule has 0 aliphatic heterocycles. The summed E-state index contributed by atoms with van der Waals surface area (Å²) < 4.78 is 0. The number of carbonyl (C=O) groups excluding carboxylic acids is 1. The van der Waals surface area contributed by atoms with E-state index in [2.05, 4.69) is 12.2 Å². The van der Waals surface area contributed by atoms with E-state index in [1.54, 1.807) is 0 Å². The number of amides is 1. The number of aliphatic hydroxyl groups is 1. The maximum absolute atomic E-state index is 11.8. The highest BCUT2D eigenvalue weighted by Gasteiger charge is 2.20. The molecule has 0 aromatic heterocycles. The number of rotatable bonds is 20. The molecule has 0 aliphatic rings. The van der Waals surface area contributed by atoms with Gasteiger partial charge in [-0.1, -0.05) is 84.0 Å². The summed E-state index contributed by atoms with van der Waals surface area (Å²) in [6, 6.07) is -1.12. The Morgan fingerprint density at radius 3 is 1.55 bits per heavy atom. The molecule has 0 heterocycles. The first-order valence-corrected chi connectivity index (χ1v) is 11.9. The minimum Gasteiger partial charge on any atom is -0.481 e. The number of aliphatic carboxylic acids is 2. The average molecular weight is 447 g/mol. The van der Waals surface area contributed by atoms with Gasteiger partial charge in [-0.15, -0.1) is 0 Å². The first-order valence-electron chi connectivity index (χ1n) is 11.9. The van der Waals surface area contributed by atoms with Crippen molar-refractivity contribution in [1.29, 1.82) is 0 Å². The van der Waals surface area contributed by atoms with Crippen molar-refractivity contribution >= 4 is 17.8 Å². The van der Waals surface area contributed by atoms with E-state index < -0.39 is 18.0 Å². The van der Waals surface area contributed by atoms with Crippen LogP contribution in [0, 0.1) is 0 Å². The number of hydrogen-bond acceptors (Lipinski definition) is 5. The molecule has 0 saturated carbocycles. The van der Waals surface area contributed by atoms with Crippen molar-refractivity contribution in [3.05, 3.63) is 0 Å². The van der Waals surface area contributed by atoms with Crippen molar-refractivity contribution in [2.45, 2.75) is 116 Å². The van der Waals surface area contributed by atoms with Crippen molar-refractivity contribution in [2.75, 3.05) is 13.2 Å². The van der Waals surface area contributed by atoms with Gasteiger partial charge in [-0.05, 0) is 12.8 Å². The van der Waals surface area contributed by atoms with Crippen LogP contribution in [-0.2, 0) is 14.4 Å². The zero-order valence-corrected chi connectivity index (χ0v) is 19.4. The molecule has 1 atom stereocenters. The fraction of sp³-hybridized carbons (Fsp3) is 0.870. The minimum atomic E-state index is -1.19. The molecule has 8 heteroatoms. The number of carboxylic acid groups (broad SMARTS) is 2. The molecule has 0 rings (SSSR count). The largest absolute Gasteiger partial charge is 0.481 e. The maximum atomic E-state index is 11.8. The predicted molar refractivity (Wildman–Crippen MR) is 123 cm³/mol. The van der Waals surface area contributed by atoms with E-state index in [0.29, 0.717) is 13.0 Å². The monoisotopic (exact) mass is 446 g/mol. The summed E-state index contributed by atoms with van der Waals surface area (Å²) in [6.07, 6.45) is 15.9. The van der Waals surface area contributed by atoms with Crippen LogP contribution in [0.2, 0.25) is 0 Å². The van der Waals surface area contributed by atoms with Crippen LogP contribution in [0.1, 0.15) is 110 Å². The highest BCUT2D eigenvalue weighted by molar-refractivity contribution is 5.83. The smallest absolute Gasteiger partial charge is 0.326 e. The van der Waals surface area contributed by atoms with Crippen molar-refractivity contribution in [1.82, 2.24) is 5.32 Å². The van der Waals surface area contributed by atoms with Gasteiger partial charge in [0.15, 0.2) is 0 Å². The molecule has 0 aliphatic carbocycles. The van der Waals surface area contributed by atoms with Gasteiger partial charge in [0.1, 0.15) is 6.04 Å². The van der Waals surface area contributed by atoms with E-state index in [1.165, 1.54) is 64.2 Å². The molecule has 0 aromatic carbocycles. The van der Waals surface area contributed by atoms with Gasteiger partial charge in [0.05, 0.1) is 6.61 Å². The number of aliphatic hydroxyl groups excluding tert-OH is 1. The molecule has 0 bridgehead atoms. The molecular formula is C23H46N2O6. The topological polar surface area (TPSA) is 150 Å². The van der Waals surface area contributed by atoms with E-state index in [0.717, 1.165) is 19.3 Å². The van der Waals surface area contributed by atoms with Crippen molar-refractivity contribution < 1.29 is 29.7 Å². The molecule has 0 unspecified atom stereocenters. The summed E-state index contributed by atoms with van der Waals surface area (Å²) in [5.41, 5.74) is 4.78. The first-order chi connectivity index (χ1) is 14.9. The van der Waals surface area contributed by atoms with Gasteiger partial charge in [0, 0.05) is 19.4 Å². The van der Waals surface area contributed by atoms with Gasteiger partial charge in [0.25, 0.3) is 0 Å². The van der Waals surface area contributed by atoms with Crippen LogP contribution in [0.25, 0.3) is 0 Å². The Hall–Kier alpha value is -1.67. The molecule has 1 amide bonds. The fourth-order valence-electron chi connectivity index (χ4n) is 3.10. The standard InChI is InChI=1S/C21H39NO5.C2H7NO/c1-2-3-4-5-6-7-8-9-10-11-12-13-14-15-19(23)22-18(21(26)27)16-17-20(24)25;3-1-2-4/h18H,2-17H2,1H3,(H,22,23)(H,24,25)(H,26,27);4H,1-3H2/t18-;/m0./s1. The number of carboxylic acids is 2. The third-order valence-electron chi connectivity index (χ3n) is 4.92. The molecule has 184 valence electrons. The Morgan fingerprint density at radius 2 is 1.19 bits per heavy atom. The molecule has 31 heavy (non-hydrogen) atoms. The predicted octanol–water partition coefficient (Wildman–Crippen LogP) is 3.84. The number of carbonyl (C=O) groups is 3. The first kappa shape index (κ1) is 31.5. The van der Waals surface area contributed by atoms with Gasteiger partial charge < -0.3 is 26.4 Å². The Balaban J connectivity index is 0. The molecule has 0 saturated heterocycles. The van der Waals surface area contributed by atoms with E-state index in [4.69, 9.17) is 21.1 Å². The molecule has 0 fully saturated rings. The van der Waals surface area contributed by atoms with Gasteiger partial charge in [-0.25, -0.2) is 4.79 Å². The van der Waals surface area contributed by atoms with Crippen LogP contribution < -0.4 is 11.1 Å². The quantitative estimate of drug-likeness (QED) is 0.178. The fourth-order valence-corrected chi connectivity index (χ4v) is 3.10. The van der Waals surface area contributed by atoms with Crippen LogP contribution in [0.4, 0.5) is 0 Å². The van der Waals surface area contributed by atoms with Crippen LogP contribution in [0.3, 0.4) is 0 Å². The Kier molecular flexibility index (Phi) is 25.0. The van der Waals surface area contributed by atoms with E-state index in [-0.39, 0.29) is 25.4 Å². The van der Waals surface area contributed by atoms with E-state index in [1.807, 2.05) is 0 Å². The molecule has 0 radical (unpaired) electrons. The normalized spacial score (nSPS) is 11.3. The lowest BCUT2D eigenvalue weighted by Crippen LogP contribution is -2.41. The average Bonchev–Trinajstić information content (AvgIpc) is 2.74. The third kappa shape index (κ3) is 26.3. The summed E-state index contributed by atoms with van der Waals surface area (Å²) in [6.45, 7) is 2.71. The van der Waals surface area contributed by atoms with E-state index >= 15 is 0 Å². The lowest BCUT2D eigenvalue weighted by Gasteiger charge is -2.13. The highest BCUT2D eigenvalue weighted by atomic mass is 16.4. The van der Waals surface area contributed by atoms with Gasteiger partial charge >= 0.3 is 11.9 Å². The highest BCUT2D eigenvalue weighted by Crippen LogP contribution is 2.13. The van der Waals surface area contributed by atoms with Crippen LogP contribution in [0.5, 0.6) is 0 Å². The summed E-state index contributed by atoms with van der Waals surface area (Å²) in [7, 11) is 0. The van der Waals surface area contributed by atoms with Gasteiger partial charge in [-0.3, -0.25) is 9.59 Å². The Labute approximate surface area is 188 Å². The SMILES string of the molecule is CCCCCCCCCCCCCCCC(=O)N[C@@H](CCC(=O)O)C(=O)O.NCCO. The molecule has 8 nitrogen and oxygen atoms in total. The van der Waals surface area contributed by atoms with E-state index in [9.17, 15) is 14.4 Å². The molecular weight excluding hydrogens is 400 g/mol. The van der Waals surface area contributed by atoms with Crippen molar-refractivity contribution in [2.24, 2.45) is 5.73 Å². The zero-order valence-electron chi connectivity index (χ0n) is 19.4. The van der Waals surface area contributed by atoms with Crippen LogP contribution in [0.15, 0.2) is 0 Å². The van der Waals surface area contributed by atoms with Crippen molar-refractivity contribution in [3.8, 4) is 0 Å². The number of unbranched alkanes of at least 4 members (excludes halogenated alkanes) is 12. The Bertz CT molecular complexity index is 444. The second-order valence-corrected chi connectivity index (χ2v) is 7.90. The lowest BCUT2D eigenvalue weighted by atomic mass is 10.0. The minimum absolute atomic E-state index is 0.0883. The second kappa shape index (κ2) is 24.6. The van der Waals surface area contributed by atoms with Crippen LogP contribution >= 0.6 is 0 Å². The number of hydrogen-bond donors (Lipinski definition) is 5. The Morgan fingerprint density at radius 1 is 0.774 bits per heavy atom. The zero-order chi connectivity index (χ0) is 23.7. The molecule has 0 aromatic rings. The van der Waals surface area contributed by atoms with Gasteiger partial charge in [0.2, 0.25) is 5.91 Å². The second-order valence-electron chi connectivity index (χ2n) is 7.90. The lowest BCUT2D eigenvalue weighted by molar-refractivity contribution is -0.143. The van der Waals surface area contributed by atoms with Crippen molar-refractivity contribution in [3.63, 3.8) is 0 Å². The summed E-state index contributed by atoms with van der Waals surface area (Å²) in [5.74, 6) is -2.56.